The molecular formula is C21H29N5O5S2. The van der Waals surface area contributed by atoms with Crippen LogP contribution in [0.3, 0.4) is 0 Å². The molecular weight excluding hydrogens is 466 g/mol. The summed E-state index contributed by atoms with van der Waals surface area (Å²) in [5, 5.41) is -0.00437. The Hall–Kier alpha value is -2.28. The molecule has 2 aromatic rings. The predicted molar refractivity (Wildman–Crippen MR) is 122 cm³/mol. The maximum Gasteiger partial charge on any atom is 0.262 e. The van der Waals surface area contributed by atoms with Gasteiger partial charge >= 0.3 is 0 Å². The van der Waals surface area contributed by atoms with Gasteiger partial charge in [-0.1, -0.05) is 6.42 Å². The Kier molecular flexibility index (Phi) is 6.89. The summed E-state index contributed by atoms with van der Waals surface area (Å²) in [5.74, 6) is -0.242. The van der Waals surface area contributed by atoms with Gasteiger partial charge in [-0.05, 0) is 43.5 Å². The van der Waals surface area contributed by atoms with Crippen LogP contribution in [-0.4, -0.2) is 85.1 Å². The molecule has 1 aromatic heterocycles. The fourth-order valence-corrected chi connectivity index (χ4v) is 7.15. The van der Waals surface area contributed by atoms with Crippen molar-refractivity contribution in [1.82, 2.24) is 23.1 Å². The fourth-order valence-electron chi connectivity index (χ4n) is 4.20. The van der Waals surface area contributed by atoms with Crippen LogP contribution >= 0.6 is 0 Å². The lowest BCUT2D eigenvalue weighted by Crippen LogP contribution is -2.37. The lowest BCUT2D eigenvalue weighted by molar-refractivity contribution is 0.0764. The number of rotatable bonds is 5. The van der Waals surface area contributed by atoms with Gasteiger partial charge in [0.25, 0.3) is 15.9 Å². The Bertz CT molecular complexity index is 1200. The van der Waals surface area contributed by atoms with Crippen molar-refractivity contribution in [3.05, 3.63) is 42.4 Å². The summed E-state index contributed by atoms with van der Waals surface area (Å²) in [7, 11) is -5.57. The van der Waals surface area contributed by atoms with Crippen molar-refractivity contribution in [2.24, 2.45) is 7.05 Å². The molecule has 2 aliphatic rings. The predicted octanol–water partition coefficient (Wildman–Crippen LogP) is 1.13. The number of benzene rings is 1. The molecule has 180 valence electrons. The van der Waals surface area contributed by atoms with Crippen LogP contribution in [0.2, 0.25) is 0 Å². The first kappa shape index (κ1) is 23.9. The van der Waals surface area contributed by atoms with E-state index in [1.54, 1.807) is 16.5 Å². The van der Waals surface area contributed by atoms with E-state index in [4.69, 9.17) is 0 Å². The fraction of sp³-hybridized carbons (Fsp3) is 0.524. The van der Waals surface area contributed by atoms with E-state index in [-0.39, 0.29) is 28.9 Å². The summed E-state index contributed by atoms with van der Waals surface area (Å²) in [6.45, 7) is 2.19. The van der Waals surface area contributed by atoms with Gasteiger partial charge < -0.3 is 9.47 Å². The molecule has 2 fully saturated rings. The van der Waals surface area contributed by atoms with Crippen LogP contribution in [0, 0.1) is 0 Å². The molecule has 0 spiro atoms. The normalized spacial score (nSPS) is 19.4. The van der Waals surface area contributed by atoms with E-state index in [2.05, 4.69) is 4.98 Å². The van der Waals surface area contributed by atoms with E-state index in [0.717, 1.165) is 19.3 Å². The highest BCUT2D eigenvalue weighted by Crippen LogP contribution is 2.22. The Balaban J connectivity index is 1.43. The minimum atomic E-state index is -3.72. The first-order valence-electron chi connectivity index (χ1n) is 11.1. The molecule has 2 saturated heterocycles. The van der Waals surface area contributed by atoms with E-state index < -0.39 is 20.0 Å². The number of carbonyl (C=O) groups excluding carboxylic acids is 1. The molecule has 12 heteroatoms. The number of carbonyl (C=O) groups is 1. The van der Waals surface area contributed by atoms with Gasteiger partial charge in [0.15, 0.2) is 5.03 Å². The zero-order valence-corrected chi connectivity index (χ0v) is 20.3. The highest BCUT2D eigenvalue weighted by molar-refractivity contribution is 7.89. The summed E-state index contributed by atoms with van der Waals surface area (Å²) in [4.78, 5) is 18.8. The highest BCUT2D eigenvalue weighted by atomic mass is 32.2. The number of piperidine rings is 1. The van der Waals surface area contributed by atoms with Crippen LogP contribution < -0.4 is 0 Å². The van der Waals surface area contributed by atoms with Gasteiger partial charge in [-0.2, -0.15) is 8.61 Å². The van der Waals surface area contributed by atoms with E-state index in [0.29, 0.717) is 38.2 Å². The van der Waals surface area contributed by atoms with Gasteiger partial charge in [-0.25, -0.2) is 21.8 Å². The summed E-state index contributed by atoms with van der Waals surface area (Å²) in [6, 6.07) is 6.03. The average molecular weight is 496 g/mol. The van der Waals surface area contributed by atoms with Crippen molar-refractivity contribution >= 4 is 26.0 Å². The van der Waals surface area contributed by atoms with Crippen LogP contribution in [-0.2, 0) is 27.1 Å². The Morgan fingerprint density at radius 1 is 0.788 bits per heavy atom. The van der Waals surface area contributed by atoms with Crippen molar-refractivity contribution < 1.29 is 21.6 Å². The van der Waals surface area contributed by atoms with Crippen molar-refractivity contribution in [1.29, 1.82) is 0 Å². The smallest absolute Gasteiger partial charge is 0.262 e. The van der Waals surface area contributed by atoms with Gasteiger partial charge in [0, 0.05) is 58.1 Å². The third-order valence-corrected chi connectivity index (χ3v) is 9.78. The van der Waals surface area contributed by atoms with E-state index >= 15 is 0 Å². The summed E-state index contributed by atoms with van der Waals surface area (Å²) in [6.07, 6.45) is 6.16. The number of hydrogen-bond acceptors (Lipinski definition) is 6. The van der Waals surface area contributed by atoms with Crippen molar-refractivity contribution in [2.45, 2.75) is 35.6 Å². The zero-order valence-electron chi connectivity index (χ0n) is 18.6. The molecule has 0 bridgehead atoms. The average Bonchev–Trinajstić information content (AvgIpc) is 3.11. The third-order valence-electron chi connectivity index (χ3n) is 6.08. The Morgan fingerprint density at radius 2 is 1.42 bits per heavy atom. The second-order valence-electron chi connectivity index (χ2n) is 8.42. The molecule has 1 amide bonds. The molecule has 0 aliphatic carbocycles. The topological polar surface area (TPSA) is 113 Å². The molecule has 2 aliphatic heterocycles. The first-order valence-corrected chi connectivity index (χ1v) is 14.0. The number of aromatic nitrogens is 2. The highest BCUT2D eigenvalue weighted by Gasteiger charge is 2.30. The maximum absolute atomic E-state index is 13.0. The molecule has 0 N–H and O–H groups in total. The molecule has 1 aromatic carbocycles. The quantitative estimate of drug-likeness (QED) is 0.615. The molecule has 4 rings (SSSR count). The largest absolute Gasteiger partial charge is 0.339 e. The van der Waals surface area contributed by atoms with Crippen LogP contribution in [0.4, 0.5) is 0 Å². The lowest BCUT2D eigenvalue weighted by Gasteiger charge is -2.26. The van der Waals surface area contributed by atoms with Crippen LogP contribution in [0.15, 0.2) is 46.7 Å². The van der Waals surface area contributed by atoms with E-state index in [1.807, 2.05) is 0 Å². The van der Waals surface area contributed by atoms with Gasteiger partial charge in [0.2, 0.25) is 10.0 Å². The molecule has 0 saturated carbocycles. The minimum Gasteiger partial charge on any atom is -0.339 e. The minimum absolute atomic E-state index is 0.00437. The standard InChI is InChI=1S/C21H29N5O5S2/c1-23-16-20(22-17-23)33(30,31)26-13-5-10-24(14-15-26)21(27)18-6-8-19(9-7-18)32(28,29)25-11-3-2-4-12-25/h6-9,16-17H,2-5,10-15H2,1H3. The van der Waals surface area contributed by atoms with Gasteiger partial charge in [-0.3, -0.25) is 4.79 Å². The summed E-state index contributed by atoms with van der Waals surface area (Å²) < 4.78 is 55.8. The lowest BCUT2D eigenvalue weighted by atomic mass is 10.2. The SMILES string of the molecule is Cn1cnc(S(=O)(=O)N2CCCN(C(=O)c3ccc(S(=O)(=O)N4CCCCC4)cc3)CC2)c1. The first-order chi connectivity index (χ1) is 15.7. The molecule has 33 heavy (non-hydrogen) atoms. The van der Waals surface area contributed by atoms with Crippen molar-refractivity contribution in [3.63, 3.8) is 0 Å². The Morgan fingerprint density at radius 3 is 2.06 bits per heavy atom. The monoisotopic (exact) mass is 495 g/mol. The van der Waals surface area contributed by atoms with Crippen LogP contribution in [0.1, 0.15) is 36.0 Å². The second-order valence-corrected chi connectivity index (χ2v) is 12.2. The Labute approximate surface area is 194 Å². The molecule has 0 unspecified atom stereocenters. The molecule has 3 heterocycles. The summed E-state index contributed by atoms with van der Waals surface area (Å²) >= 11 is 0. The number of hydrogen-bond donors (Lipinski definition) is 0. The number of sulfonamides is 2. The maximum atomic E-state index is 13.0. The number of nitrogens with zero attached hydrogens (tertiary/aromatic N) is 5. The number of imidazole rings is 1. The van der Waals surface area contributed by atoms with E-state index in [1.165, 1.54) is 45.4 Å². The third kappa shape index (κ3) is 4.98. The molecule has 0 radical (unpaired) electrons. The second kappa shape index (κ2) is 9.53. The van der Waals surface area contributed by atoms with Crippen LogP contribution in [0.5, 0.6) is 0 Å². The van der Waals surface area contributed by atoms with Crippen molar-refractivity contribution in [3.8, 4) is 0 Å². The summed E-state index contributed by atoms with van der Waals surface area (Å²) in [5.41, 5.74) is 0.383. The number of amides is 1. The van der Waals surface area contributed by atoms with E-state index in [9.17, 15) is 21.6 Å². The van der Waals surface area contributed by atoms with Gasteiger partial charge in [0.05, 0.1) is 11.2 Å². The van der Waals surface area contributed by atoms with Crippen LogP contribution in [0.25, 0.3) is 0 Å². The molecule has 0 atom stereocenters. The number of aryl methyl sites for hydroxylation is 1. The van der Waals surface area contributed by atoms with Gasteiger partial charge in [-0.15, -0.1) is 0 Å². The molecule has 10 nitrogen and oxygen atoms in total. The zero-order chi connectivity index (χ0) is 23.6. The van der Waals surface area contributed by atoms with Crippen molar-refractivity contribution in [2.75, 3.05) is 39.3 Å². The van der Waals surface area contributed by atoms with Gasteiger partial charge in [0.1, 0.15) is 0 Å².